The second kappa shape index (κ2) is 12.1. The van der Waals surface area contributed by atoms with Crippen LogP contribution in [0.4, 0.5) is 5.69 Å². The molecule has 0 aliphatic carbocycles. The predicted octanol–water partition coefficient (Wildman–Crippen LogP) is 3.56. The molecule has 0 unspecified atom stereocenters. The van der Waals surface area contributed by atoms with Crippen molar-refractivity contribution < 1.29 is 22.7 Å². The van der Waals surface area contributed by atoms with Gasteiger partial charge < -0.3 is 14.8 Å². The Kier molecular flexibility index (Phi) is 9.80. The molecular formula is C21H27ClN2O5S2. The molecule has 0 bridgehead atoms. The van der Waals surface area contributed by atoms with E-state index in [9.17, 15) is 13.2 Å². The van der Waals surface area contributed by atoms with Crippen LogP contribution in [0.2, 0.25) is 5.02 Å². The molecule has 2 rings (SSSR count). The standard InChI is InChI=1S/C21H27ClN2O5S2/c1-28-18-9-10-19(20(13-18)29-2)24(31(3,26)27)14-21(25)23-11-4-12-30-15-16-5-7-17(22)8-6-16/h5-10,13H,4,11-12,14-15H2,1-3H3,(H,23,25). The minimum Gasteiger partial charge on any atom is -0.497 e. The summed E-state index contributed by atoms with van der Waals surface area (Å²) in [5.41, 5.74) is 1.47. The number of carbonyl (C=O) groups excluding carboxylic acids is 1. The largest absolute Gasteiger partial charge is 0.497 e. The van der Waals surface area contributed by atoms with Gasteiger partial charge in [0.05, 0.1) is 26.2 Å². The first kappa shape index (κ1) is 25.2. The van der Waals surface area contributed by atoms with E-state index in [-0.39, 0.29) is 18.1 Å². The van der Waals surface area contributed by atoms with Crippen molar-refractivity contribution in [1.29, 1.82) is 0 Å². The van der Waals surface area contributed by atoms with Crippen LogP contribution in [0.5, 0.6) is 11.5 Å². The molecule has 0 radical (unpaired) electrons. The quantitative estimate of drug-likeness (QED) is 0.462. The fraction of sp³-hybridized carbons (Fsp3) is 0.381. The van der Waals surface area contributed by atoms with E-state index in [1.165, 1.54) is 19.8 Å². The highest BCUT2D eigenvalue weighted by molar-refractivity contribution is 7.98. The van der Waals surface area contributed by atoms with E-state index in [4.69, 9.17) is 21.1 Å². The van der Waals surface area contributed by atoms with Crippen LogP contribution in [0.15, 0.2) is 42.5 Å². The lowest BCUT2D eigenvalue weighted by molar-refractivity contribution is -0.119. The summed E-state index contributed by atoms with van der Waals surface area (Å²) in [7, 11) is -0.765. The number of nitrogens with zero attached hydrogens (tertiary/aromatic N) is 1. The summed E-state index contributed by atoms with van der Waals surface area (Å²) in [6.45, 7) is 0.128. The highest BCUT2D eigenvalue weighted by Crippen LogP contribution is 2.33. The maximum Gasteiger partial charge on any atom is 0.240 e. The summed E-state index contributed by atoms with van der Waals surface area (Å²) < 4.78 is 36.1. The minimum atomic E-state index is -3.70. The summed E-state index contributed by atoms with van der Waals surface area (Å²) in [4.78, 5) is 12.4. The third-order valence-corrected chi connectivity index (χ3v) is 6.81. The number of nitrogens with one attached hydrogen (secondary N) is 1. The third kappa shape index (κ3) is 8.16. The molecule has 2 aromatic rings. The molecule has 0 aliphatic heterocycles. The first-order chi connectivity index (χ1) is 14.7. The smallest absolute Gasteiger partial charge is 0.240 e. The number of thioether (sulfide) groups is 1. The van der Waals surface area contributed by atoms with Crippen LogP contribution >= 0.6 is 23.4 Å². The van der Waals surface area contributed by atoms with Crippen LogP contribution in [-0.2, 0) is 20.6 Å². The van der Waals surface area contributed by atoms with Crippen molar-refractivity contribution >= 4 is 45.0 Å². The van der Waals surface area contributed by atoms with Crippen molar-refractivity contribution in [3.05, 3.63) is 53.1 Å². The molecule has 1 N–H and O–H groups in total. The van der Waals surface area contributed by atoms with Crippen LogP contribution in [-0.4, -0.2) is 53.6 Å². The van der Waals surface area contributed by atoms with Gasteiger partial charge in [-0.15, -0.1) is 0 Å². The Hall–Kier alpha value is -2.10. The van der Waals surface area contributed by atoms with Gasteiger partial charge in [-0.05, 0) is 42.0 Å². The van der Waals surface area contributed by atoms with E-state index in [1.807, 2.05) is 24.3 Å². The molecule has 31 heavy (non-hydrogen) atoms. The molecule has 0 heterocycles. The third-order valence-electron chi connectivity index (χ3n) is 4.31. The number of rotatable bonds is 12. The van der Waals surface area contributed by atoms with Gasteiger partial charge in [-0.2, -0.15) is 11.8 Å². The van der Waals surface area contributed by atoms with Crippen LogP contribution in [0.25, 0.3) is 0 Å². The van der Waals surface area contributed by atoms with Gasteiger partial charge in [0, 0.05) is 23.4 Å². The molecule has 2 aromatic carbocycles. The van der Waals surface area contributed by atoms with Crippen molar-refractivity contribution in [1.82, 2.24) is 5.32 Å². The van der Waals surface area contributed by atoms with Gasteiger partial charge in [0.2, 0.25) is 15.9 Å². The normalized spacial score (nSPS) is 11.1. The Balaban J connectivity index is 1.85. The zero-order valence-electron chi connectivity index (χ0n) is 17.8. The Morgan fingerprint density at radius 2 is 1.84 bits per heavy atom. The average molecular weight is 487 g/mol. The lowest BCUT2D eigenvalue weighted by Crippen LogP contribution is -2.40. The van der Waals surface area contributed by atoms with E-state index >= 15 is 0 Å². The van der Waals surface area contributed by atoms with Crippen molar-refractivity contribution in [3.63, 3.8) is 0 Å². The summed E-state index contributed by atoms with van der Waals surface area (Å²) in [5.74, 6) is 2.17. The Morgan fingerprint density at radius 3 is 2.45 bits per heavy atom. The number of anilines is 1. The van der Waals surface area contributed by atoms with Crippen molar-refractivity contribution in [3.8, 4) is 11.5 Å². The fourth-order valence-electron chi connectivity index (χ4n) is 2.73. The topological polar surface area (TPSA) is 84.9 Å². The Morgan fingerprint density at radius 1 is 1.13 bits per heavy atom. The van der Waals surface area contributed by atoms with Crippen LogP contribution in [0, 0.1) is 0 Å². The van der Waals surface area contributed by atoms with Crippen molar-refractivity contribution in [2.75, 3.05) is 43.6 Å². The fourth-order valence-corrected chi connectivity index (χ4v) is 4.64. The van der Waals surface area contributed by atoms with E-state index in [0.717, 1.165) is 28.5 Å². The molecule has 0 spiro atoms. The van der Waals surface area contributed by atoms with Gasteiger partial charge in [0.1, 0.15) is 18.0 Å². The number of halogens is 1. The Labute approximate surface area is 193 Å². The highest BCUT2D eigenvalue weighted by Gasteiger charge is 2.24. The van der Waals surface area contributed by atoms with Gasteiger partial charge in [-0.3, -0.25) is 9.10 Å². The second-order valence-corrected chi connectivity index (χ2v) is 10.1. The lowest BCUT2D eigenvalue weighted by Gasteiger charge is -2.24. The molecule has 170 valence electrons. The minimum absolute atomic E-state index is 0.277. The van der Waals surface area contributed by atoms with Crippen molar-refractivity contribution in [2.45, 2.75) is 12.2 Å². The second-order valence-electron chi connectivity index (χ2n) is 6.69. The number of sulfonamides is 1. The monoisotopic (exact) mass is 486 g/mol. The molecule has 7 nitrogen and oxygen atoms in total. The first-order valence-electron chi connectivity index (χ1n) is 9.53. The van der Waals surface area contributed by atoms with Gasteiger partial charge >= 0.3 is 0 Å². The Bertz CT molecular complexity index is 968. The number of hydrogen-bond acceptors (Lipinski definition) is 6. The zero-order valence-corrected chi connectivity index (χ0v) is 20.1. The molecule has 10 heteroatoms. The number of ether oxygens (including phenoxy) is 2. The molecule has 1 amide bonds. The van der Waals surface area contributed by atoms with Crippen LogP contribution in [0.3, 0.4) is 0 Å². The summed E-state index contributed by atoms with van der Waals surface area (Å²) in [6, 6.07) is 12.5. The van der Waals surface area contributed by atoms with Gasteiger partial charge in [-0.1, -0.05) is 23.7 Å². The van der Waals surface area contributed by atoms with Crippen molar-refractivity contribution in [2.24, 2.45) is 0 Å². The SMILES string of the molecule is COc1ccc(N(CC(=O)NCCCSCc2ccc(Cl)cc2)S(C)(=O)=O)c(OC)c1. The van der Waals surface area contributed by atoms with Gasteiger partial charge in [0.25, 0.3) is 0 Å². The van der Waals surface area contributed by atoms with E-state index in [1.54, 1.807) is 30.0 Å². The lowest BCUT2D eigenvalue weighted by atomic mass is 10.2. The molecule has 0 atom stereocenters. The van der Waals surface area contributed by atoms with E-state index < -0.39 is 10.0 Å². The van der Waals surface area contributed by atoms with Crippen LogP contribution < -0.4 is 19.1 Å². The molecule has 0 saturated heterocycles. The van der Waals surface area contributed by atoms with E-state index in [0.29, 0.717) is 23.1 Å². The van der Waals surface area contributed by atoms with Crippen LogP contribution in [0.1, 0.15) is 12.0 Å². The molecule has 0 aliphatic rings. The predicted molar refractivity (Wildman–Crippen MR) is 127 cm³/mol. The molecule has 0 aromatic heterocycles. The number of amides is 1. The average Bonchev–Trinajstić information content (AvgIpc) is 2.74. The number of hydrogen-bond donors (Lipinski definition) is 1. The van der Waals surface area contributed by atoms with Gasteiger partial charge in [-0.25, -0.2) is 8.42 Å². The summed E-state index contributed by atoms with van der Waals surface area (Å²) in [5, 5.41) is 3.49. The maximum atomic E-state index is 12.4. The summed E-state index contributed by atoms with van der Waals surface area (Å²) >= 11 is 7.64. The molecule has 0 saturated carbocycles. The van der Waals surface area contributed by atoms with Gasteiger partial charge in [0.15, 0.2) is 0 Å². The highest BCUT2D eigenvalue weighted by atomic mass is 35.5. The molecule has 0 fully saturated rings. The number of carbonyl (C=O) groups is 1. The zero-order chi connectivity index (χ0) is 22.9. The maximum absolute atomic E-state index is 12.4. The van der Waals surface area contributed by atoms with E-state index in [2.05, 4.69) is 5.32 Å². The summed E-state index contributed by atoms with van der Waals surface area (Å²) in [6.07, 6.45) is 1.83. The number of methoxy groups -OCH3 is 2. The molecular weight excluding hydrogens is 460 g/mol. The number of benzene rings is 2. The first-order valence-corrected chi connectivity index (χ1v) is 12.9.